The van der Waals surface area contributed by atoms with E-state index in [1.165, 1.54) is 0 Å². The van der Waals surface area contributed by atoms with Gasteiger partial charge in [0, 0.05) is 0 Å². The van der Waals surface area contributed by atoms with Crippen molar-refractivity contribution in [2.45, 2.75) is 19.9 Å². The second kappa shape index (κ2) is 7.02. The van der Waals surface area contributed by atoms with Crippen LogP contribution >= 0.6 is 15.9 Å². The van der Waals surface area contributed by atoms with Crippen molar-refractivity contribution in [2.24, 2.45) is 11.7 Å². The molecule has 62 valence electrons. The minimum absolute atomic E-state index is 0.0208. The Kier molecular flexibility index (Phi) is 8.83. The quantitative estimate of drug-likeness (QED) is 0.673. The number of rotatable bonds is 2. The van der Waals surface area contributed by atoms with E-state index in [-0.39, 0.29) is 5.92 Å². The summed E-state index contributed by atoms with van der Waals surface area (Å²) in [5, 5.41) is 8.23. The molecule has 0 amide bonds. The van der Waals surface area contributed by atoms with E-state index < -0.39 is 12.0 Å². The largest absolute Gasteiger partial charge is 0.480 e. The molecule has 1 atom stereocenters. The Hall–Kier alpha value is -0.0900. The first-order valence-corrected chi connectivity index (χ1v) is 4.50. The van der Waals surface area contributed by atoms with Crippen LogP contribution in [0.4, 0.5) is 0 Å². The lowest BCUT2D eigenvalue weighted by Crippen LogP contribution is -2.34. The summed E-state index contributed by atoms with van der Waals surface area (Å²) >= 11 is 2.94. The van der Waals surface area contributed by atoms with E-state index in [1.54, 1.807) is 13.8 Å². The molecule has 0 aliphatic heterocycles. The first-order valence-electron chi connectivity index (χ1n) is 2.92. The van der Waals surface area contributed by atoms with E-state index in [1.807, 2.05) is 5.83 Å². The van der Waals surface area contributed by atoms with E-state index >= 15 is 0 Å². The molecule has 3 N–H and O–H groups in total. The van der Waals surface area contributed by atoms with E-state index in [9.17, 15) is 4.79 Å². The van der Waals surface area contributed by atoms with Crippen molar-refractivity contribution in [1.82, 2.24) is 0 Å². The zero-order valence-electron chi connectivity index (χ0n) is 6.47. The molecule has 0 aromatic carbocycles. The summed E-state index contributed by atoms with van der Waals surface area (Å²) in [6.45, 7) is 3.55. The number of hydrogen-bond acceptors (Lipinski definition) is 2. The van der Waals surface area contributed by atoms with Crippen LogP contribution in [-0.4, -0.2) is 23.0 Å². The Balaban J connectivity index is 0. The molecule has 1 unspecified atom stereocenters. The van der Waals surface area contributed by atoms with Crippen molar-refractivity contribution in [2.75, 3.05) is 5.83 Å². The Bertz CT molecular complexity index is 95.7. The van der Waals surface area contributed by atoms with Crippen LogP contribution < -0.4 is 5.73 Å². The average Bonchev–Trinajstić information content (AvgIpc) is 1.90. The molecule has 0 radical (unpaired) electrons. The Labute approximate surface area is 69.7 Å². The van der Waals surface area contributed by atoms with Gasteiger partial charge in [0.05, 0.1) is 0 Å². The van der Waals surface area contributed by atoms with Crippen LogP contribution in [0.2, 0.25) is 0 Å². The van der Waals surface area contributed by atoms with Crippen LogP contribution in [0, 0.1) is 5.92 Å². The zero-order valence-corrected chi connectivity index (χ0v) is 8.05. The Morgan fingerprint density at radius 2 is 1.80 bits per heavy atom. The molecule has 0 aromatic heterocycles. The summed E-state index contributed by atoms with van der Waals surface area (Å²) in [5.41, 5.74) is 5.16. The number of nitrogens with two attached hydrogens (primary N) is 1. The number of halogens is 1. The molecule has 0 saturated carbocycles. The van der Waals surface area contributed by atoms with Gasteiger partial charge in [-0.15, -0.1) is 0 Å². The normalized spacial score (nSPS) is 11.8. The van der Waals surface area contributed by atoms with E-state index in [4.69, 9.17) is 10.8 Å². The van der Waals surface area contributed by atoms with Crippen LogP contribution in [0.3, 0.4) is 0 Å². The number of alkyl halides is 1. The maximum Gasteiger partial charge on any atom is 0.320 e. The highest BCUT2D eigenvalue weighted by Gasteiger charge is 2.14. The smallest absolute Gasteiger partial charge is 0.320 e. The third kappa shape index (κ3) is 6.04. The lowest BCUT2D eigenvalue weighted by Gasteiger charge is -2.07. The maximum atomic E-state index is 10.0. The van der Waals surface area contributed by atoms with Gasteiger partial charge in [-0.3, -0.25) is 4.79 Å². The Morgan fingerprint density at radius 1 is 1.50 bits per heavy atom. The molecular weight excluding hydrogens is 198 g/mol. The van der Waals surface area contributed by atoms with Crippen molar-refractivity contribution < 1.29 is 9.90 Å². The van der Waals surface area contributed by atoms with Gasteiger partial charge in [-0.05, 0) is 11.8 Å². The fourth-order valence-electron chi connectivity index (χ4n) is 0.285. The predicted octanol–water partition coefficient (Wildman–Crippen LogP) is 1.07. The highest BCUT2D eigenvalue weighted by molar-refractivity contribution is 9.08. The topological polar surface area (TPSA) is 63.3 Å². The number of aliphatic carboxylic acids is 1. The van der Waals surface area contributed by atoms with Gasteiger partial charge >= 0.3 is 5.97 Å². The summed E-state index contributed by atoms with van der Waals surface area (Å²) in [5.74, 6) is 0.903. The summed E-state index contributed by atoms with van der Waals surface area (Å²) in [6, 6.07) is -0.713. The predicted molar refractivity (Wildman–Crippen MR) is 45.3 cm³/mol. The minimum atomic E-state index is -0.931. The van der Waals surface area contributed by atoms with Gasteiger partial charge < -0.3 is 10.8 Å². The van der Waals surface area contributed by atoms with Crippen molar-refractivity contribution >= 4 is 21.9 Å². The first kappa shape index (κ1) is 12.6. The highest BCUT2D eigenvalue weighted by Crippen LogP contribution is 1.96. The number of carboxylic acid groups (broad SMARTS) is 1. The number of carboxylic acids is 1. The summed E-state index contributed by atoms with van der Waals surface area (Å²) in [4.78, 5) is 10.0. The van der Waals surface area contributed by atoms with Crippen molar-refractivity contribution in [3.05, 3.63) is 0 Å². The minimum Gasteiger partial charge on any atom is -0.480 e. The molecule has 3 nitrogen and oxygen atoms in total. The standard InChI is InChI=1S/C5H11NO2.CH3Br/c1-3(2)4(6)5(7)8;1-2/h3-4H,6H2,1-2H3,(H,7,8);1H3. The summed E-state index contributed by atoms with van der Waals surface area (Å²) in [7, 11) is 0. The van der Waals surface area contributed by atoms with Crippen LogP contribution in [-0.2, 0) is 4.79 Å². The van der Waals surface area contributed by atoms with Crippen molar-refractivity contribution in [3.63, 3.8) is 0 Å². The van der Waals surface area contributed by atoms with Crippen molar-refractivity contribution in [1.29, 1.82) is 0 Å². The van der Waals surface area contributed by atoms with Crippen LogP contribution in [0.5, 0.6) is 0 Å². The van der Waals surface area contributed by atoms with Gasteiger partial charge in [0.1, 0.15) is 6.04 Å². The molecule has 0 bridgehead atoms. The summed E-state index contributed by atoms with van der Waals surface area (Å²) in [6.07, 6.45) is 0. The second-order valence-corrected chi connectivity index (χ2v) is 2.11. The van der Waals surface area contributed by atoms with E-state index in [0.29, 0.717) is 0 Å². The van der Waals surface area contributed by atoms with E-state index in [2.05, 4.69) is 15.9 Å². The first-order chi connectivity index (χ1) is 4.55. The Morgan fingerprint density at radius 3 is 1.80 bits per heavy atom. The van der Waals surface area contributed by atoms with E-state index in [0.717, 1.165) is 0 Å². The van der Waals surface area contributed by atoms with Crippen LogP contribution in [0.15, 0.2) is 0 Å². The van der Waals surface area contributed by atoms with Crippen LogP contribution in [0.25, 0.3) is 0 Å². The molecule has 0 spiro atoms. The van der Waals surface area contributed by atoms with Gasteiger partial charge in [-0.2, -0.15) is 0 Å². The third-order valence-electron chi connectivity index (χ3n) is 1.00. The molecule has 0 aliphatic carbocycles. The maximum absolute atomic E-state index is 10.0. The average molecular weight is 212 g/mol. The SMILES string of the molecule is CBr.CC(C)C(N)C(=O)O. The molecule has 0 fully saturated rings. The lowest BCUT2D eigenvalue weighted by atomic mass is 10.1. The number of hydrogen-bond donors (Lipinski definition) is 2. The molecule has 10 heavy (non-hydrogen) atoms. The van der Waals surface area contributed by atoms with Gasteiger partial charge in [-0.25, -0.2) is 0 Å². The molecule has 0 saturated heterocycles. The van der Waals surface area contributed by atoms with Crippen LogP contribution in [0.1, 0.15) is 13.8 Å². The van der Waals surface area contributed by atoms with Gasteiger partial charge in [-0.1, -0.05) is 29.8 Å². The monoisotopic (exact) mass is 211 g/mol. The van der Waals surface area contributed by atoms with Gasteiger partial charge in [0.15, 0.2) is 0 Å². The third-order valence-corrected chi connectivity index (χ3v) is 1.00. The zero-order chi connectivity index (χ0) is 8.73. The second-order valence-electron chi connectivity index (χ2n) is 2.11. The summed E-state index contributed by atoms with van der Waals surface area (Å²) < 4.78 is 0. The number of carbonyl (C=O) groups is 1. The van der Waals surface area contributed by atoms with Gasteiger partial charge in [0.2, 0.25) is 0 Å². The highest BCUT2D eigenvalue weighted by atomic mass is 79.9. The fourth-order valence-corrected chi connectivity index (χ4v) is 0.285. The van der Waals surface area contributed by atoms with Crippen molar-refractivity contribution in [3.8, 4) is 0 Å². The fraction of sp³-hybridized carbons (Fsp3) is 0.833. The molecule has 0 aromatic rings. The molecule has 0 aliphatic rings. The van der Waals surface area contributed by atoms with Gasteiger partial charge in [0.25, 0.3) is 0 Å². The molecule has 4 heteroatoms. The molecular formula is C6H14BrNO2. The molecule has 0 heterocycles. The lowest BCUT2D eigenvalue weighted by molar-refractivity contribution is -0.139. The molecule has 0 rings (SSSR count).